The van der Waals surface area contributed by atoms with E-state index in [1.54, 1.807) is 22.7 Å². The molecule has 1 aliphatic heterocycles. The number of aromatic nitrogens is 2. The third-order valence-electron chi connectivity index (χ3n) is 4.21. The van der Waals surface area contributed by atoms with Crippen LogP contribution in [0.2, 0.25) is 0 Å². The molecule has 24 heavy (non-hydrogen) atoms. The van der Waals surface area contributed by atoms with E-state index in [0.717, 1.165) is 46.3 Å². The molecule has 1 N–H and O–H groups in total. The van der Waals surface area contributed by atoms with Crippen molar-refractivity contribution in [1.82, 2.24) is 15.3 Å². The number of amides is 1. The molecule has 3 aromatic rings. The van der Waals surface area contributed by atoms with Gasteiger partial charge in [-0.3, -0.25) is 4.79 Å². The Morgan fingerprint density at radius 1 is 1.46 bits per heavy atom. The summed E-state index contributed by atoms with van der Waals surface area (Å²) in [5.74, 6) is -0.00524. The van der Waals surface area contributed by atoms with Crippen LogP contribution in [0.4, 0.5) is 5.13 Å². The third-order valence-corrected chi connectivity index (χ3v) is 6.21. The van der Waals surface area contributed by atoms with Gasteiger partial charge in [0.2, 0.25) is 0 Å². The van der Waals surface area contributed by atoms with Crippen LogP contribution in [0.3, 0.4) is 0 Å². The van der Waals surface area contributed by atoms with Crippen molar-refractivity contribution in [1.29, 1.82) is 0 Å². The van der Waals surface area contributed by atoms with Crippen LogP contribution in [0.1, 0.15) is 28.7 Å². The molecular formula is C17H18N4OS2. The Kier molecular flexibility index (Phi) is 4.20. The van der Waals surface area contributed by atoms with Crippen molar-refractivity contribution in [2.45, 2.75) is 25.8 Å². The zero-order chi connectivity index (χ0) is 16.5. The first kappa shape index (κ1) is 15.5. The fourth-order valence-corrected chi connectivity index (χ4v) is 4.58. The Morgan fingerprint density at radius 3 is 3.17 bits per heavy atom. The van der Waals surface area contributed by atoms with Crippen LogP contribution in [0.5, 0.6) is 0 Å². The Balaban J connectivity index is 1.44. The van der Waals surface area contributed by atoms with Crippen molar-refractivity contribution in [3.8, 4) is 0 Å². The minimum absolute atomic E-state index is 0.00524. The van der Waals surface area contributed by atoms with Crippen molar-refractivity contribution in [3.63, 3.8) is 0 Å². The number of thiazole rings is 2. The SMILES string of the molecule is CCc1nc2ccc(C(=O)NC3CCN(c4nccs4)C3)cc2s1. The molecule has 2 aromatic heterocycles. The van der Waals surface area contributed by atoms with Crippen molar-refractivity contribution in [2.75, 3.05) is 18.0 Å². The lowest BCUT2D eigenvalue weighted by atomic mass is 10.2. The smallest absolute Gasteiger partial charge is 0.251 e. The lowest BCUT2D eigenvalue weighted by Crippen LogP contribution is -2.37. The molecular weight excluding hydrogens is 340 g/mol. The molecule has 0 saturated carbocycles. The summed E-state index contributed by atoms with van der Waals surface area (Å²) in [5.41, 5.74) is 1.69. The second-order valence-electron chi connectivity index (χ2n) is 5.86. The van der Waals surface area contributed by atoms with Crippen LogP contribution >= 0.6 is 22.7 Å². The average Bonchev–Trinajstić information content (AvgIpc) is 3.33. The number of carbonyl (C=O) groups is 1. The van der Waals surface area contributed by atoms with Crippen LogP contribution < -0.4 is 10.2 Å². The van der Waals surface area contributed by atoms with Crippen LogP contribution in [-0.2, 0) is 6.42 Å². The number of hydrogen-bond acceptors (Lipinski definition) is 6. The highest BCUT2D eigenvalue weighted by molar-refractivity contribution is 7.18. The zero-order valence-corrected chi connectivity index (χ0v) is 15.0. The van der Waals surface area contributed by atoms with Gasteiger partial charge in [0.1, 0.15) is 0 Å². The summed E-state index contributed by atoms with van der Waals surface area (Å²) in [7, 11) is 0. The molecule has 5 nitrogen and oxygen atoms in total. The number of nitrogens with zero attached hydrogens (tertiary/aromatic N) is 3. The lowest BCUT2D eigenvalue weighted by Gasteiger charge is -2.15. The highest BCUT2D eigenvalue weighted by Crippen LogP contribution is 2.25. The summed E-state index contributed by atoms with van der Waals surface area (Å²) in [6.07, 6.45) is 3.70. The minimum Gasteiger partial charge on any atom is -0.347 e. The fourth-order valence-electron chi connectivity index (χ4n) is 2.96. The van der Waals surface area contributed by atoms with E-state index < -0.39 is 0 Å². The fraction of sp³-hybridized carbons (Fsp3) is 0.353. The molecule has 4 rings (SSSR count). The van der Waals surface area contributed by atoms with Crippen molar-refractivity contribution in [2.24, 2.45) is 0 Å². The maximum Gasteiger partial charge on any atom is 0.251 e. The number of anilines is 1. The van der Waals surface area contributed by atoms with E-state index in [-0.39, 0.29) is 11.9 Å². The summed E-state index contributed by atoms with van der Waals surface area (Å²) in [6, 6.07) is 5.93. The minimum atomic E-state index is -0.00524. The highest BCUT2D eigenvalue weighted by Gasteiger charge is 2.25. The van der Waals surface area contributed by atoms with E-state index in [0.29, 0.717) is 5.56 Å². The molecule has 1 atom stereocenters. The Labute approximate surface area is 148 Å². The summed E-state index contributed by atoms with van der Waals surface area (Å²) in [5, 5.41) is 7.28. The average molecular weight is 358 g/mol. The molecule has 0 aliphatic carbocycles. The maximum absolute atomic E-state index is 12.6. The van der Waals surface area contributed by atoms with Gasteiger partial charge >= 0.3 is 0 Å². The molecule has 0 bridgehead atoms. The van der Waals surface area contributed by atoms with E-state index >= 15 is 0 Å². The quantitative estimate of drug-likeness (QED) is 0.777. The van der Waals surface area contributed by atoms with Gasteiger partial charge in [-0.1, -0.05) is 6.92 Å². The third kappa shape index (κ3) is 3.01. The first-order valence-electron chi connectivity index (χ1n) is 8.07. The topological polar surface area (TPSA) is 58.1 Å². The van der Waals surface area contributed by atoms with E-state index in [2.05, 4.69) is 27.1 Å². The number of aryl methyl sites for hydroxylation is 1. The van der Waals surface area contributed by atoms with Crippen molar-refractivity contribution in [3.05, 3.63) is 40.3 Å². The van der Waals surface area contributed by atoms with Gasteiger partial charge in [0, 0.05) is 36.3 Å². The van der Waals surface area contributed by atoms with Gasteiger partial charge in [0.15, 0.2) is 5.13 Å². The highest BCUT2D eigenvalue weighted by atomic mass is 32.1. The summed E-state index contributed by atoms with van der Waals surface area (Å²) in [6.45, 7) is 3.86. The number of benzene rings is 1. The first-order chi connectivity index (χ1) is 11.7. The molecule has 1 amide bonds. The van der Waals surface area contributed by atoms with E-state index in [1.807, 2.05) is 29.8 Å². The molecule has 0 spiro atoms. The van der Waals surface area contributed by atoms with E-state index in [4.69, 9.17) is 0 Å². The predicted octanol–water partition coefficient (Wildman–Crippen LogP) is 3.32. The molecule has 1 saturated heterocycles. The van der Waals surface area contributed by atoms with Crippen LogP contribution in [-0.4, -0.2) is 35.0 Å². The number of hydrogen-bond donors (Lipinski definition) is 1. The number of nitrogens with one attached hydrogen (secondary N) is 1. The molecule has 1 fully saturated rings. The van der Waals surface area contributed by atoms with Gasteiger partial charge in [0.25, 0.3) is 5.91 Å². The number of carbonyl (C=O) groups excluding carboxylic acids is 1. The van der Waals surface area contributed by atoms with Gasteiger partial charge in [-0.15, -0.1) is 22.7 Å². The molecule has 3 heterocycles. The Bertz CT molecular complexity index is 859. The molecule has 7 heteroatoms. The molecule has 0 radical (unpaired) electrons. The summed E-state index contributed by atoms with van der Waals surface area (Å²) < 4.78 is 1.08. The van der Waals surface area contributed by atoms with Gasteiger partial charge in [-0.2, -0.15) is 0 Å². The first-order valence-corrected chi connectivity index (χ1v) is 9.77. The second kappa shape index (κ2) is 6.49. The lowest BCUT2D eigenvalue weighted by molar-refractivity contribution is 0.0940. The maximum atomic E-state index is 12.6. The molecule has 1 aromatic carbocycles. The predicted molar refractivity (Wildman–Crippen MR) is 99.2 cm³/mol. The summed E-state index contributed by atoms with van der Waals surface area (Å²) in [4.78, 5) is 23.7. The monoisotopic (exact) mass is 358 g/mol. The van der Waals surface area contributed by atoms with E-state index in [1.165, 1.54) is 0 Å². The number of rotatable bonds is 4. The zero-order valence-electron chi connectivity index (χ0n) is 13.4. The van der Waals surface area contributed by atoms with Gasteiger partial charge < -0.3 is 10.2 Å². The van der Waals surface area contributed by atoms with Gasteiger partial charge in [0.05, 0.1) is 15.2 Å². The second-order valence-corrected chi connectivity index (χ2v) is 7.85. The normalized spacial score (nSPS) is 17.5. The van der Waals surface area contributed by atoms with Gasteiger partial charge in [-0.05, 0) is 31.0 Å². The number of fused-ring (bicyclic) bond motifs is 1. The van der Waals surface area contributed by atoms with Crippen LogP contribution in [0.15, 0.2) is 29.8 Å². The van der Waals surface area contributed by atoms with Crippen LogP contribution in [0.25, 0.3) is 10.2 Å². The van der Waals surface area contributed by atoms with Crippen molar-refractivity contribution < 1.29 is 4.79 Å². The largest absolute Gasteiger partial charge is 0.347 e. The van der Waals surface area contributed by atoms with Gasteiger partial charge in [-0.25, -0.2) is 9.97 Å². The molecule has 1 aliphatic rings. The van der Waals surface area contributed by atoms with E-state index in [9.17, 15) is 4.79 Å². The Morgan fingerprint density at radius 2 is 2.38 bits per heavy atom. The Hall–Kier alpha value is -1.99. The molecule has 124 valence electrons. The molecule has 1 unspecified atom stereocenters. The van der Waals surface area contributed by atoms with Crippen LogP contribution in [0, 0.1) is 0 Å². The van der Waals surface area contributed by atoms with Crippen molar-refractivity contribution >= 4 is 43.9 Å². The summed E-state index contributed by atoms with van der Waals surface area (Å²) >= 11 is 3.30. The standard InChI is InChI=1S/C17H18N4OS2/c1-2-15-20-13-4-3-11(9-14(13)24-15)16(22)19-12-5-7-21(10-12)17-18-6-8-23-17/h3-4,6,8-9,12H,2,5,7,10H2,1H3,(H,19,22).